The van der Waals surface area contributed by atoms with Crippen LogP contribution >= 0.6 is 0 Å². The van der Waals surface area contributed by atoms with E-state index in [0.717, 1.165) is 56.0 Å². The number of rotatable bonds is 8. The highest BCUT2D eigenvalue weighted by atomic mass is 16.1. The zero-order chi connectivity index (χ0) is 23.2. The summed E-state index contributed by atoms with van der Waals surface area (Å²) >= 11 is 0. The van der Waals surface area contributed by atoms with Gasteiger partial charge in [-0.1, -0.05) is 44.2 Å². The fourth-order valence-electron chi connectivity index (χ4n) is 4.37. The van der Waals surface area contributed by atoms with Crippen LogP contribution in [0.5, 0.6) is 0 Å². The van der Waals surface area contributed by atoms with E-state index < -0.39 is 0 Å². The lowest BCUT2D eigenvalue weighted by atomic mass is 9.91. The molecule has 174 valence electrons. The molecule has 0 atom stereocenters. The van der Waals surface area contributed by atoms with Gasteiger partial charge in [0.15, 0.2) is 0 Å². The summed E-state index contributed by atoms with van der Waals surface area (Å²) in [5, 5.41) is 7.65. The smallest absolute Gasteiger partial charge is 0.255 e. The molecule has 3 heterocycles. The summed E-state index contributed by atoms with van der Waals surface area (Å²) in [7, 11) is 1.88. The molecule has 1 saturated heterocycles. The summed E-state index contributed by atoms with van der Waals surface area (Å²) in [5.74, 6) is 1.74. The number of hydrogen-bond acceptors (Lipinski definition) is 5. The Morgan fingerprint density at radius 2 is 1.79 bits per heavy atom. The topological polar surface area (TPSA) is 75.9 Å². The molecule has 0 spiro atoms. The number of hydrogen-bond donors (Lipinski definition) is 1. The van der Waals surface area contributed by atoms with Crippen molar-refractivity contribution in [3.05, 3.63) is 77.1 Å². The maximum absolute atomic E-state index is 12.8. The van der Waals surface area contributed by atoms with Crippen LogP contribution in [-0.4, -0.2) is 43.6 Å². The van der Waals surface area contributed by atoms with E-state index in [1.54, 1.807) is 4.68 Å². The Morgan fingerprint density at radius 1 is 1.09 bits per heavy atom. The standard InChI is InChI=1S/C26H34N6O/c1-19(2)25-27-15-22(16-28-25)17-32-11-9-20(10-12-32)13-24-23(18-31(3)30-24)26(33)29-14-21-7-5-4-6-8-21/h4-8,15-16,18-20H,9-14,17H2,1-3H3,(H,29,33). The molecule has 7 heteroatoms. The number of nitrogens with one attached hydrogen (secondary N) is 1. The van der Waals surface area contributed by atoms with Crippen LogP contribution in [0, 0.1) is 5.92 Å². The van der Waals surface area contributed by atoms with Gasteiger partial charge < -0.3 is 5.32 Å². The zero-order valence-corrected chi connectivity index (χ0v) is 19.9. The van der Waals surface area contributed by atoms with Crippen LogP contribution in [0.4, 0.5) is 0 Å². The first-order chi connectivity index (χ1) is 16.0. The number of carbonyl (C=O) groups excluding carboxylic acids is 1. The number of amides is 1. The van der Waals surface area contributed by atoms with Gasteiger partial charge in [-0.25, -0.2) is 9.97 Å². The number of likely N-dealkylation sites (tertiary alicyclic amines) is 1. The third-order valence-electron chi connectivity index (χ3n) is 6.28. The van der Waals surface area contributed by atoms with Crippen molar-refractivity contribution in [1.82, 2.24) is 30.0 Å². The van der Waals surface area contributed by atoms with Crippen molar-refractivity contribution in [3.63, 3.8) is 0 Å². The van der Waals surface area contributed by atoms with Crippen LogP contribution in [0.2, 0.25) is 0 Å². The average molecular weight is 447 g/mol. The minimum atomic E-state index is -0.0516. The van der Waals surface area contributed by atoms with Gasteiger partial charge in [-0.2, -0.15) is 5.10 Å². The summed E-state index contributed by atoms with van der Waals surface area (Å²) in [5.41, 5.74) is 3.85. The molecule has 1 aliphatic rings. The lowest BCUT2D eigenvalue weighted by Crippen LogP contribution is -2.34. The number of aromatic nitrogens is 4. The Balaban J connectivity index is 1.29. The Bertz CT molecular complexity index is 1040. The van der Waals surface area contributed by atoms with Crippen LogP contribution in [-0.2, 0) is 26.6 Å². The Hall–Kier alpha value is -3.06. The molecular weight excluding hydrogens is 412 g/mol. The minimum Gasteiger partial charge on any atom is -0.348 e. The molecule has 0 unspecified atom stereocenters. The molecular formula is C26H34N6O. The molecule has 4 rings (SSSR count). The van der Waals surface area contributed by atoms with E-state index in [-0.39, 0.29) is 5.91 Å². The molecule has 7 nitrogen and oxygen atoms in total. The molecule has 0 radical (unpaired) electrons. The molecule has 1 fully saturated rings. The van der Waals surface area contributed by atoms with Crippen molar-refractivity contribution in [2.75, 3.05) is 13.1 Å². The third-order valence-corrected chi connectivity index (χ3v) is 6.28. The first-order valence-electron chi connectivity index (χ1n) is 11.9. The first kappa shape index (κ1) is 23.1. The van der Waals surface area contributed by atoms with Crippen molar-refractivity contribution >= 4 is 5.91 Å². The van der Waals surface area contributed by atoms with Gasteiger partial charge in [0.25, 0.3) is 5.91 Å². The average Bonchev–Trinajstić information content (AvgIpc) is 3.20. The van der Waals surface area contributed by atoms with Gasteiger partial charge in [0.05, 0.1) is 11.3 Å². The van der Waals surface area contributed by atoms with Gasteiger partial charge >= 0.3 is 0 Å². The van der Waals surface area contributed by atoms with Gasteiger partial charge in [-0.05, 0) is 43.8 Å². The van der Waals surface area contributed by atoms with E-state index in [4.69, 9.17) is 0 Å². The molecule has 1 aromatic carbocycles. The number of piperidine rings is 1. The second kappa shape index (κ2) is 10.7. The first-order valence-corrected chi connectivity index (χ1v) is 11.9. The quantitative estimate of drug-likeness (QED) is 0.571. The second-order valence-corrected chi connectivity index (χ2v) is 9.36. The molecule has 3 aromatic rings. The van der Waals surface area contributed by atoms with Gasteiger partial charge in [0, 0.05) is 50.2 Å². The molecule has 1 aliphatic heterocycles. The predicted octanol–water partition coefficient (Wildman–Crippen LogP) is 3.72. The highest BCUT2D eigenvalue weighted by Crippen LogP contribution is 2.24. The van der Waals surface area contributed by atoms with Gasteiger partial charge in [-0.15, -0.1) is 0 Å². The highest BCUT2D eigenvalue weighted by molar-refractivity contribution is 5.95. The molecule has 1 amide bonds. The van der Waals surface area contributed by atoms with E-state index >= 15 is 0 Å². The third kappa shape index (κ3) is 6.26. The number of nitrogens with zero attached hydrogens (tertiary/aromatic N) is 5. The summed E-state index contributed by atoms with van der Waals surface area (Å²) in [4.78, 5) is 24.3. The van der Waals surface area contributed by atoms with E-state index in [1.807, 2.05) is 56.0 Å². The van der Waals surface area contributed by atoms with Crippen molar-refractivity contribution in [3.8, 4) is 0 Å². The highest BCUT2D eigenvalue weighted by Gasteiger charge is 2.24. The van der Waals surface area contributed by atoms with Crippen LogP contribution in [0.15, 0.2) is 48.9 Å². The Kier molecular flexibility index (Phi) is 7.50. The normalized spacial score (nSPS) is 15.2. The molecule has 2 aromatic heterocycles. The molecule has 1 N–H and O–H groups in total. The van der Waals surface area contributed by atoms with Gasteiger partial charge in [0.1, 0.15) is 5.82 Å². The van der Waals surface area contributed by atoms with Gasteiger partial charge in [-0.3, -0.25) is 14.4 Å². The predicted molar refractivity (Wildman–Crippen MR) is 129 cm³/mol. The lowest BCUT2D eigenvalue weighted by molar-refractivity contribution is 0.0949. The van der Waals surface area contributed by atoms with E-state index in [1.165, 1.54) is 5.56 Å². The number of aryl methyl sites for hydroxylation is 1. The molecule has 0 saturated carbocycles. The lowest BCUT2D eigenvalue weighted by Gasteiger charge is -2.31. The summed E-state index contributed by atoms with van der Waals surface area (Å²) < 4.78 is 1.75. The largest absolute Gasteiger partial charge is 0.348 e. The van der Waals surface area contributed by atoms with Crippen LogP contribution < -0.4 is 5.32 Å². The molecule has 0 aliphatic carbocycles. The monoisotopic (exact) mass is 446 g/mol. The number of carbonyl (C=O) groups is 1. The zero-order valence-electron chi connectivity index (χ0n) is 19.9. The fraction of sp³-hybridized carbons (Fsp3) is 0.462. The summed E-state index contributed by atoms with van der Waals surface area (Å²) in [6.07, 6.45) is 8.81. The van der Waals surface area contributed by atoms with Crippen molar-refractivity contribution < 1.29 is 4.79 Å². The number of benzene rings is 1. The fourth-order valence-corrected chi connectivity index (χ4v) is 4.37. The van der Waals surface area contributed by atoms with E-state index in [0.29, 0.717) is 23.9 Å². The van der Waals surface area contributed by atoms with Crippen LogP contribution in [0.1, 0.15) is 65.6 Å². The van der Waals surface area contributed by atoms with Crippen molar-refractivity contribution in [2.45, 2.75) is 52.1 Å². The maximum Gasteiger partial charge on any atom is 0.255 e. The Labute approximate surface area is 196 Å². The van der Waals surface area contributed by atoms with E-state index in [9.17, 15) is 4.79 Å². The summed E-state index contributed by atoms with van der Waals surface area (Å²) in [6.45, 7) is 7.72. The van der Waals surface area contributed by atoms with Gasteiger partial charge in [0.2, 0.25) is 0 Å². The molecule has 0 bridgehead atoms. The van der Waals surface area contributed by atoms with Crippen LogP contribution in [0.25, 0.3) is 0 Å². The van der Waals surface area contributed by atoms with Crippen molar-refractivity contribution in [1.29, 1.82) is 0 Å². The minimum absolute atomic E-state index is 0.0516. The Morgan fingerprint density at radius 3 is 2.45 bits per heavy atom. The summed E-state index contributed by atoms with van der Waals surface area (Å²) in [6, 6.07) is 9.98. The SMILES string of the molecule is CC(C)c1ncc(CN2CCC(Cc3nn(C)cc3C(=O)NCc3ccccc3)CC2)cn1. The van der Waals surface area contributed by atoms with Crippen LogP contribution in [0.3, 0.4) is 0 Å². The molecule has 33 heavy (non-hydrogen) atoms. The van der Waals surface area contributed by atoms with E-state index in [2.05, 4.69) is 39.1 Å². The maximum atomic E-state index is 12.8. The second-order valence-electron chi connectivity index (χ2n) is 9.36. The van der Waals surface area contributed by atoms with Crippen molar-refractivity contribution in [2.24, 2.45) is 13.0 Å².